The number of aliphatic hydroxyl groups is 1. The largest absolute Gasteiger partial charge is 0.494 e. The molecule has 0 aliphatic carbocycles. The number of rotatable bonds is 8. The first-order chi connectivity index (χ1) is 9.58. The van der Waals surface area contributed by atoms with E-state index in [-0.39, 0.29) is 6.03 Å². The lowest BCUT2D eigenvalue weighted by Gasteiger charge is -2.09. The minimum absolute atomic E-state index is 0.207. The summed E-state index contributed by atoms with van der Waals surface area (Å²) in [6, 6.07) is 7.67. The maximum atomic E-state index is 11.4. The molecule has 1 atom stereocenters. The molecular weight excluding hydrogens is 256 g/mol. The van der Waals surface area contributed by atoms with Crippen LogP contribution in [0.5, 0.6) is 5.75 Å². The van der Waals surface area contributed by atoms with Gasteiger partial charge in [0.25, 0.3) is 0 Å². The summed E-state index contributed by atoms with van der Waals surface area (Å²) in [6.07, 6.45) is 0.917. The van der Waals surface area contributed by atoms with Crippen molar-refractivity contribution in [2.24, 2.45) is 0 Å². The average molecular weight is 280 g/mol. The van der Waals surface area contributed by atoms with Gasteiger partial charge in [-0.05, 0) is 38.8 Å². The van der Waals surface area contributed by atoms with E-state index in [1.807, 2.05) is 31.2 Å². The summed E-state index contributed by atoms with van der Waals surface area (Å²) >= 11 is 0. The number of urea groups is 1. The smallest absolute Gasteiger partial charge is 0.314 e. The molecule has 20 heavy (non-hydrogen) atoms. The molecule has 5 heteroatoms. The van der Waals surface area contributed by atoms with Crippen molar-refractivity contribution >= 4 is 6.03 Å². The van der Waals surface area contributed by atoms with Crippen molar-refractivity contribution < 1.29 is 14.6 Å². The van der Waals surface area contributed by atoms with Crippen molar-refractivity contribution in [3.8, 4) is 5.75 Å². The summed E-state index contributed by atoms with van der Waals surface area (Å²) in [5.74, 6) is 0.844. The maximum absolute atomic E-state index is 11.4. The fourth-order valence-corrected chi connectivity index (χ4v) is 1.56. The summed E-state index contributed by atoms with van der Waals surface area (Å²) in [5.41, 5.74) is 1.20. The number of nitrogens with one attached hydrogen (secondary N) is 2. The number of carbonyl (C=O) groups is 1. The Bertz CT molecular complexity index is 391. The van der Waals surface area contributed by atoms with Crippen LogP contribution in [0.1, 0.15) is 25.3 Å². The molecule has 0 aromatic heterocycles. The molecule has 1 aromatic carbocycles. The zero-order valence-corrected chi connectivity index (χ0v) is 12.2. The standard InChI is InChI=1S/C15H24N2O3/c1-12-4-6-14(7-5-12)20-11-3-9-16-15(19)17-10-8-13(2)18/h4-7,13,18H,3,8-11H2,1-2H3,(H2,16,17,19). The number of ether oxygens (including phenoxy) is 1. The van der Waals surface area contributed by atoms with Crippen molar-refractivity contribution in [3.63, 3.8) is 0 Å². The van der Waals surface area contributed by atoms with Gasteiger partial charge in [-0.2, -0.15) is 0 Å². The normalized spacial score (nSPS) is 11.8. The molecule has 0 spiro atoms. The van der Waals surface area contributed by atoms with Gasteiger partial charge in [-0.1, -0.05) is 17.7 Å². The van der Waals surface area contributed by atoms with Gasteiger partial charge in [-0.25, -0.2) is 4.79 Å². The van der Waals surface area contributed by atoms with Crippen LogP contribution in [0.2, 0.25) is 0 Å². The van der Waals surface area contributed by atoms with Crippen LogP contribution < -0.4 is 15.4 Å². The predicted molar refractivity (Wildman–Crippen MR) is 79.0 cm³/mol. The second-order valence-electron chi connectivity index (χ2n) is 4.84. The first-order valence-electron chi connectivity index (χ1n) is 6.97. The Morgan fingerprint density at radius 2 is 1.90 bits per heavy atom. The lowest BCUT2D eigenvalue weighted by Crippen LogP contribution is -2.37. The van der Waals surface area contributed by atoms with Crippen LogP contribution in [-0.2, 0) is 0 Å². The van der Waals surface area contributed by atoms with Crippen LogP contribution in [0.25, 0.3) is 0 Å². The van der Waals surface area contributed by atoms with Crippen LogP contribution >= 0.6 is 0 Å². The predicted octanol–water partition coefficient (Wildman–Crippen LogP) is 1.83. The molecule has 2 amide bonds. The number of benzene rings is 1. The third kappa shape index (κ3) is 7.63. The molecule has 0 aliphatic rings. The number of hydrogen-bond donors (Lipinski definition) is 3. The number of aliphatic hydroxyl groups excluding tert-OH is 1. The van der Waals surface area contributed by atoms with Gasteiger partial charge in [0.15, 0.2) is 0 Å². The van der Waals surface area contributed by atoms with E-state index in [1.54, 1.807) is 6.92 Å². The van der Waals surface area contributed by atoms with E-state index in [4.69, 9.17) is 9.84 Å². The molecule has 0 heterocycles. The summed E-state index contributed by atoms with van der Waals surface area (Å²) in [4.78, 5) is 11.4. The number of aryl methyl sites for hydroxylation is 1. The van der Waals surface area contributed by atoms with E-state index >= 15 is 0 Å². The zero-order chi connectivity index (χ0) is 14.8. The molecule has 0 saturated heterocycles. The summed E-state index contributed by atoms with van der Waals surface area (Å²) in [7, 11) is 0. The van der Waals surface area contributed by atoms with Crippen molar-refractivity contribution in [1.29, 1.82) is 0 Å². The SMILES string of the molecule is Cc1ccc(OCCCNC(=O)NCCC(C)O)cc1. The Labute approximate surface area is 120 Å². The van der Waals surface area contributed by atoms with Gasteiger partial charge in [0, 0.05) is 13.1 Å². The summed E-state index contributed by atoms with van der Waals surface area (Å²) in [6.45, 7) is 5.33. The van der Waals surface area contributed by atoms with Crippen molar-refractivity contribution in [1.82, 2.24) is 10.6 Å². The Morgan fingerprint density at radius 3 is 2.55 bits per heavy atom. The summed E-state index contributed by atoms with van der Waals surface area (Å²) < 4.78 is 5.55. The highest BCUT2D eigenvalue weighted by Crippen LogP contribution is 2.11. The third-order valence-electron chi connectivity index (χ3n) is 2.74. The summed E-state index contributed by atoms with van der Waals surface area (Å²) in [5, 5.41) is 14.5. The van der Waals surface area contributed by atoms with Crippen LogP contribution in [0.4, 0.5) is 4.79 Å². The Kier molecular flexibility index (Phi) is 7.50. The fraction of sp³-hybridized carbons (Fsp3) is 0.533. The molecule has 1 unspecified atom stereocenters. The quantitative estimate of drug-likeness (QED) is 0.636. The number of carbonyl (C=O) groups excluding carboxylic acids is 1. The molecule has 3 N–H and O–H groups in total. The minimum Gasteiger partial charge on any atom is -0.494 e. The van der Waals surface area contributed by atoms with Gasteiger partial charge in [-0.3, -0.25) is 0 Å². The van der Waals surface area contributed by atoms with E-state index in [2.05, 4.69) is 10.6 Å². The zero-order valence-electron chi connectivity index (χ0n) is 12.2. The Morgan fingerprint density at radius 1 is 1.25 bits per heavy atom. The van der Waals surface area contributed by atoms with Crippen molar-refractivity contribution in [2.75, 3.05) is 19.7 Å². The van der Waals surface area contributed by atoms with Crippen molar-refractivity contribution in [2.45, 2.75) is 32.8 Å². The van der Waals surface area contributed by atoms with Gasteiger partial charge < -0.3 is 20.5 Å². The Hall–Kier alpha value is -1.75. The van der Waals surface area contributed by atoms with E-state index in [1.165, 1.54) is 5.56 Å². The fourth-order valence-electron chi connectivity index (χ4n) is 1.56. The van der Waals surface area contributed by atoms with Gasteiger partial charge in [0.1, 0.15) is 5.75 Å². The molecule has 0 fully saturated rings. The maximum Gasteiger partial charge on any atom is 0.314 e. The minimum atomic E-state index is -0.391. The van der Waals surface area contributed by atoms with Gasteiger partial charge >= 0.3 is 6.03 Å². The van der Waals surface area contributed by atoms with Crippen molar-refractivity contribution in [3.05, 3.63) is 29.8 Å². The highest BCUT2D eigenvalue weighted by atomic mass is 16.5. The van der Waals surface area contributed by atoms with E-state index < -0.39 is 6.10 Å². The molecule has 1 rings (SSSR count). The molecule has 0 saturated carbocycles. The molecular formula is C15H24N2O3. The number of hydrogen-bond acceptors (Lipinski definition) is 3. The highest BCUT2D eigenvalue weighted by Gasteiger charge is 2.00. The van der Waals surface area contributed by atoms with Gasteiger partial charge in [-0.15, -0.1) is 0 Å². The first-order valence-corrected chi connectivity index (χ1v) is 6.97. The monoisotopic (exact) mass is 280 g/mol. The van der Waals surface area contributed by atoms with Crippen LogP contribution in [-0.4, -0.2) is 36.9 Å². The Balaban J connectivity index is 2.01. The first kappa shape index (κ1) is 16.3. The van der Waals surface area contributed by atoms with Gasteiger partial charge in [0.05, 0.1) is 12.7 Å². The lowest BCUT2D eigenvalue weighted by molar-refractivity contribution is 0.183. The number of amides is 2. The third-order valence-corrected chi connectivity index (χ3v) is 2.74. The van der Waals surface area contributed by atoms with Crippen LogP contribution in [0.15, 0.2) is 24.3 Å². The molecule has 112 valence electrons. The molecule has 5 nitrogen and oxygen atoms in total. The lowest BCUT2D eigenvalue weighted by atomic mass is 10.2. The van der Waals surface area contributed by atoms with Gasteiger partial charge in [0.2, 0.25) is 0 Å². The van der Waals surface area contributed by atoms with E-state index in [0.717, 1.165) is 12.2 Å². The second kappa shape index (κ2) is 9.20. The van der Waals surface area contributed by atoms with E-state index in [9.17, 15) is 4.79 Å². The van der Waals surface area contributed by atoms with E-state index in [0.29, 0.717) is 26.1 Å². The highest BCUT2D eigenvalue weighted by molar-refractivity contribution is 5.73. The molecule has 0 aliphatic heterocycles. The molecule has 1 aromatic rings. The van der Waals surface area contributed by atoms with Crippen LogP contribution in [0, 0.1) is 6.92 Å². The van der Waals surface area contributed by atoms with Crippen LogP contribution in [0.3, 0.4) is 0 Å². The average Bonchev–Trinajstić information content (AvgIpc) is 2.40. The molecule has 0 radical (unpaired) electrons. The topological polar surface area (TPSA) is 70.6 Å². The second-order valence-corrected chi connectivity index (χ2v) is 4.84. The molecule has 0 bridgehead atoms.